The van der Waals surface area contributed by atoms with Crippen molar-refractivity contribution in [1.82, 2.24) is 5.16 Å². The van der Waals surface area contributed by atoms with Crippen LogP contribution >= 0.6 is 15.9 Å². The van der Waals surface area contributed by atoms with Crippen LogP contribution in [0.5, 0.6) is 11.5 Å². The molecule has 0 radical (unpaired) electrons. The predicted molar refractivity (Wildman–Crippen MR) is 73.2 cm³/mol. The molecule has 1 aromatic heterocycles. The van der Waals surface area contributed by atoms with Crippen LogP contribution in [0.3, 0.4) is 0 Å². The number of aromatic nitrogens is 1. The molecule has 1 unspecified atom stereocenters. The van der Waals surface area contributed by atoms with E-state index in [1.807, 2.05) is 25.1 Å². The Morgan fingerprint density at radius 3 is 2.79 bits per heavy atom. The molecule has 0 aliphatic carbocycles. The van der Waals surface area contributed by atoms with E-state index < -0.39 is 0 Å². The van der Waals surface area contributed by atoms with Gasteiger partial charge in [-0.15, -0.1) is 0 Å². The Labute approximate surface area is 118 Å². The molecule has 0 bridgehead atoms. The van der Waals surface area contributed by atoms with Gasteiger partial charge in [-0.25, -0.2) is 0 Å². The maximum atomic E-state index is 5.76. The second-order valence-corrected chi connectivity index (χ2v) is 5.24. The lowest BCUT2D eigenvalue weighted by atomic mass is 10.1. The van der Waals surface area contributed by atoms with E-state index in [1.165, 1.54) is 0 Å². The highest BCUT2D eigenvalue weighted by Crippen LogP contribution is 2.41. The fourth-order valence-corrected chi connectivity index (χ4v) is 2.46. The van der Waals surface area contributed by atoms with E-state index in [1.54, 1.807) is 0 Å². The molecule has 2 heterocycles. The first kappa shape index (κ1) is 12.5. The first-order valence-electron chi connectivity index (χ1n) is 5.97. The van der Waals surface area contributed by atoms with Crippen LogP contribution in [0.4, 0.5) is 0 Å². The Kier molecular flexibility index (Phi) is 3.20. The Hall–Kier alpha value is -1.53. The summed E-state index contributed by atoms with van der Waals surface area (Å²) in [7, 11) is 0. The number of halogens is 1. The predicted octanol–water partition coefficient (Wildman–Crippen LogP) is 2.90. The molecular weight excluding hydrogens is 312 g/mol. The molecule has 0 fully saturated rings. The van der Waals surface area contributed by atoms with Gasteiger partial charge < -0.3 is 19.7 Å². The molecule has 1 aliphatic rings. The fraction of sp³-hybridized carbons (Fsp3) is 0.308. The zero-order chi connectivity index (χ0) is 13.4. The fourth-order valence-electron chi connectivity index (χ4n) is 1.90. The minimum atomic E-state index is -0.179. The zero-order valence-electron chi connectivity index (χ0n) is 10.4. The topological polar surface area (TPSA) is 70.5 Å². The van der Waals surface area contributed by atoms with Gasteiger partial charge >= 0.3 is 0 Å². The van der Waals surface area contributed by atoms with Crippen LogP contribution in [0, 0.1) is 0 Å². The van der Waals surface area contributed by atoms with Gasteiger partial charge in [0.1, 0.15) is 18.9 Å². The van der Waals surface area contributed by atoms with E-state index >= 15 is 0 Å². The number of nitrogens with two attached hydrogens (primary N) is 1. The SMILES string of the molecule is CC(N)c1cc(-c2cc(Br)c3c(c2)OCCO3)no1. The van der Waals surface area contributed by atoms with Crippen molar-refractivity contribution in [2.75, 3.05) is 13.2 Å². The molecule has 0 saturated heterocycles. The molecule has 0 saturated carbocycles. The number of benzene rings is 1. The number of hydrogen-bond acceptors (Lipinski definition) is 5. The molecule has 5 nitrogen and oxygen atoms in total. The van der Waals surface area contributed by atoms with Crippen LogP contribution in [0.1, 0.15) is 18.7 Å². The van der Waals surface area contributed by atoms with Gasteiger partial charge in [-0.2, -0.15) is 0 Å². The number of hydrogen-bond donors (Lipinski definition) is 1. The second kappa shape index (κ2) is 4.86. The first-order valence-corrected chi connectivity index (χ1v) is 6.76. The molecule has 3 rings (SSSR count). The van der Waals surface area contributed by atoms with E-state index in [4.69, 9.17) is 19.7 Å². The highest BCUT2D eigenvalue weighted by molar-refractivity contribution is 9.10. The second-order valence-electron chi connectivity index (χ2n) is 4.39. The molecule has 1 atom stereocenters. The van der Waals surface area contributed by atoms with Gasteiger partial charge in [0, 0.05) is 11.6 Å². The number of ether oxygens (including phenoxy) is 2. The van der Waals surface area contributed by atoms with Crippen molar-refractivity contribution in [3.8, 4) is 22.8 Å². The van der Waals surface area contributed by atoms with Crippen LogP contribution < -0.4 is 15.2 Å². The Morgan fingerprint density at radius 1 is 1.26 bits per heavy atom. The average molecular weight is 325 g/mol. The van der Waals surface area contributed by atoms with E-state index in [-0.39, 0.29) is 6.04 Å². The van der Waals surface area contributed by atoms with Crippen LogP contribution in [0.15, 0.2) is 27.2 Å². The standard InChI is InChI=1S/C13H13BrN2O3/c1-7(15)11-6-10(16-19-11)8-4-9(14)13-12(5-8)17-2-3-18-13/h4-7H,2-3,15H2,1H3. The third-order valence-electron chi connectivity index (χ3n) is 2.87. The molecule has 0 amide bonds. The Balaban J connectivity index is 2.02. The van der Waals surface area contributed by atoms with Crippen molar-refractivity contribution in [1.29, 1.82) is 0 Å². The smallest absolute Gasteiger partial charge is 0.175 e. The summed E-state index contributed by atoms with van der Waals surface area (Å²) in [5.74, 6) is 2.09. The summed E-state index contributed by atoms with van der Waals surface area (Å²) < 4.78 is 17.2. The molecule has 1 aromatic carbocycles. The van der Waals surface area contributed by atoms with Crippen molar-refractivity contribution in [3.05, 3.63) is 28.4 Å². The molecule has 2 aromatic rings. The number of nitrogens with zero attached hydrogens (tertiary/aromatic N) is 1. The molecule has 0 spiro atoms. The summed E-state index contributed by atoms with van der Waals surface area (Å²) in [6.45, 7) is 2.96. The maximum absolute atomic E-state index is 5.76. The van der Waals surface area contributed by atoms with Gasteiger partial charge in [-0.05, 0) is 35.0 Å². The van der Waals surface area contributed by atoms with Gasteiger partial charge in [0.05, 0.1) is 10.5 Å². The van der Waals surface area contributed by atoms with Crippen LogP contribution in [0.2, 0.25) is 0 Å². The Bertz CT molecular complexity index is 610. The van der Waals surface area contributed by atoms with Gasteiger partial charge in [0.25, 0.3) is 0 Å². The van der Waals surface area contributed by atoms with Gasteiger partial charge in [-0.1, -0.05) is 5.16 Å². The largest absolute Gasteiger partial charge is 0.486 e. The van der Waals surface area contributed by atoms with Crippen LogP contribution in [-0.2, 0) is 0 Å². The van der Waals surface area contributed by atoms with Crippen molar-refractivity contribution < 1.29 is 14.0 Å². The van der Waals surface area contributed by atoms with Gasteiger partial charge in [-0.3, -0.25) is 0 Å². The van der Waals surface area contributed by atoms with Crippen molar-refractivity contribution in [2.45, 2.75) is 13.0 Å². The third kappa shape index (κ3) is 2.33. The van der Waals surface area contributed by atoms with E-state index in [0.29, 0.717) is 24.7 Å². The highest BCUT2D eigenvalue weighted by Gasteiger charge is 2.18. The van der Waals surface area contributed by atoms with E-state index in [9.17, 15) is 0 Å². The summed E-state index contributed by atoms with van der Waals surface area (Å²) in [5.41, 5.74) is 7.38. The van der Waals surface area contributed by atoms with Gasteiger partial charge in [0.15, 0.2) is 17.3 Å². The monoisotopic (exact) mass is 324 g/mol. The summed E-state index contributed by atoms with van der Waals surface area (Å²) >= 11 is 3.48. The lowest BCUT2D eigenvalue weighted by Gasteiger charge is -2.20. The highest BCUT2D eigenvalue weighted by atomic mass is 79.9. The summed E-state index contributed by atoms with van der Waals surface area (Å²) in [6.07, 6.45) is 0. The van der Waals surface area contributed by atoms with E-state index in [0.717, 1.165) is 21.5 Å². The lowest BCUT2D eigenvalue weighted by molar-refractivity contribution is 0.170. The quantitative estimate of drug-likeness (QED) is 0.919. The normalized spacial score (nSPS) is 15.3. The minimum Gasteiger partial charge on any atom is -0.486 e. The third-order valence-corrected chi connectivity index (χ3v) is 3.46. The molecular formula is C13H13BrN2O3. The summed E-state index contributed by atoms with van der Waals surface area (Å²) in [4.78, 5) is 0. The van der Waals surface area contributed by atoms with Crippen LogP contribution in [-0.4, -0.2) is 18.4 Å². The summed E-state index contributed by atoms with van der Waals surface area (Å²) in [5, 5.41) is 4.03. The Morgan fingerprint density at radius 2 is 2.05 bits per heavy atom. The number of fused-ring (bicyclic) bond motifs is 1. The first-order chi connectivity index (χ1) is 9.15. The molecule has 19 heavy (non-hydrogen) atoms. The van der Waals surface area contributed by atoms with Gasteiger partial charge in [0.2, 0.25) is 0 Å². The van der Waals surface area contributed by atoms with Crippen LogP contribution in [0.25, 0.3) is 11.3 Å². The van der Waals surface area contributed by atoms with Crippen molar-refractivity contribution in [3.63, 3.8) is 0 Å². The van der Waals surface area contributed by atoms with Crippen molar-refractivity contribution >= 4 is 15.9 Å². The van der Waals surface area contributed by atoms with Crippen molar-refractivity contribution in [2.24, 2.45) is 5.73 Å². The summed E-state index contributed by atoms with van der Waals surface area (Å²) in [6, 6.07) is 5.47. The minimum absolute atomic E-state index is 0.179. The molecule has 2 N–H and O–H groups in total. The molecule has 6 heteroatoms. The van der Waals surface area contributed by atoms with E-state index in [2.05, 4.69) is 21.1 Å². The molecule has 100 valence electrons. The number of rotatable bonds is 2. The lowest BCUT2D eigenvalue weighted by Crippen LogP contribution is -2.15. The molecule has 1 aliphatic heterocycles. The zero-order valence-corrected chi connectivity index (χ0v) is 11.9. The maximum Gasteiger partial charge on any atom is 0.175 e. The average Bonchev–Trinajstić information content (AvgIpc) is 2.88.